The smallest absolute Gasteiger partial charge is 0.261 e. The number of nitriles is 1. The first-order valence-electron chi connectivity index (χ1n) is 10.8. The molecule has 2 aromatic carbocycles. The molecular weight excluding hydrogens is 478 g/mol. The van der Waals surface area contributed by atoms with Crippen LogP contribution in [0.2, 0.25) is 0 Å². The molecule has 1 saturated heterocycles. The average molecular weight is 501 g/mol. The van der Waals surface area contributed by atoms with Crippen LogP contribution in [0.25, 0.3) is 10.9 Å². The number of carbonyl (C=O) groups excluding carboxylic acids is 1. The standard InChI is InChI=1S/C23H22F2N6O3S/c1-13(11-26)29-23(32)14(2)34-20-8-15(24)4-5-18(20)30-22-21-17(25)9-16(10-19(21)27-12-28-22)31-35(33)6-3-7-35/h4-5,8-10,12-14H,3,6-7H2,1-2H3,(H,29,32)(H,27,28,30)/t13-,14-/m1/s1. The Balaban J connectivity index is 1.65. The number of carbonyl (C=O) groups is 1. The summed E-state index contributed by atoms with van der Waals surface area (Å²) in [6.45, 7) is 2.96. The SMILES string of the molecule is C[C@H](C#N)NC(=O)[C@@H](C)Oc1cc(F)ccc1Nc1ncnc2cc(N=S3(=O)CCC3)cc(F)c12. The minimum Gasteiger partial charge on any atom is -0.479 e. The first-order chi connectivity index (χ1) is 16.7. The van der Waals surface area contributed by atoms with Gasteiger partial charge in [-0.15, -0.1) is 0 Å². The van der Waals surface area contributed by atoms with E-state index in [1.165, 1.54) is 44.4 Å². The zero-order valence-corrected chi connectivity index (χ0v) is 19.7. The minimum atomic E-state index is -2.33. The number of ether oxygens (including phenoxy) is 1. The van der Waals surface area contributed by atoms with Crippen molar-refractivity contribution in [3.05, 3.63) is 48.3 Å². The molecule has 0 saturated carbocycles. The molecule has 0 aliphatic carbocycles. The number of aromatic nitrogens is 2. The number of amides is 1. The maximum absolute atomic E-state index is 15.1. The molecule has 2 N–H and O–H groups in total. The van der Waals surface area contributed by atoms with Crippen LogP contribution in [0.15, 0.2) is 41.0 Å². The second-order valence-electron chi connectivity index (χ2n) is 8.05. The third-order valence-electron chi connectivity index (χ3n) is 5.30. The van der Waals surface area contributed by atoms with Crippen molar-refractivity contribution in [3.63, 3.8) is 0 Å². The Hall–Kier alpha value is -3.85. The largest absolute Gasteiger partial charge is 0.479 e. The topological polar surface area (TPSA) is 129 Å². The van der Waals surface area contributed by atoms with Gasteiger partial charge in [-0.3, -0.25) is 4.79 Å². The van der Waals surface area contributed by atoms with Crippen molar-refractivity contribution in [1.29, 1.82) is 5.26 Å². The van der Waals surface area contributed by atoms with Crippen LogP contribution in [0.1, 0.15) is 20.3 Å². The van der Waals surface area contributed by atoms with Gasteiger partial charge in [-0.25, -0.2) is 23.0 Å². The number of benzene rings is 2. The van der Waals surface area contributed by atoms with Gasteiger partial charge in [-0.2, -0.15) is 9.62 Å². The molecule has 182 valence electrons. The molecular formula is C23H22F2N6O3S. The molecule has 1 amide bonds. The third kappa shape index (κ3) is 5.46. The third-order valence-corrected chi connectivity index (χ3v) is 7.69. The zero-order valence-electron chi connectivity index (χ0n) is 18.9. The van der Waals surface area contributed by atoms with E-state index >= 15 is 4.39 Å². The Morgan fingerprint density at radius 3 is 2.69 bits per heavy atom. The number of nitrogens with one attached hydrogen (secondary N) is 2. The van der Waals surface area contributed by atoms with E-state index in [-0.39, 0.29) is 33.8 Å². The molecule has 1 aliphatic heterocycles. The predicted octanol–water partition coefficient (Wildman–Crippen LogP) is 3.95. The molecule has 0 spiro atoms. The van der Waals surface area contributed by atoms with Gasteiger partial charge < -0.3 is 15.4 Å². The summed E-state index contributed by atoms with van der Waals surface area (Å²) in [5, 5.41) is 14.3. The minimum absolute atomic E-state index is 0.0158. The maximum Gasteiger partial charge on any atom is 0.261 e. The predicted molar refractivity (Wildman–Crippen MR) is 127 cm³/mol. The number of fused-ring (bicyclic) bond motifs is 1. The summed E-state index contributed by atoms with van der Waals surface area (Å²) < 4.78 is 51.3. The Kier molecular flexibility index (Phi) is 6.79. The molecule has 3 aromatic rings. The van der Waals surface area contributed by atoms with E-state index in [1.54, 1.807) is 0 Å². The highest BCUT2D eigenvalue weighted by Gasteiger charge is 2.21. The maximum atomic E-state index is 15.1. The van der Waals surface area contributed by atoms with Gasteiger partial charge in [0.25, 0.3) is 5.91 Å². The zero-order chi connectivity index (χ0) is 25.2. The lowest BCUT2D eigenvalue weighted by Gasteiger charge is -2.19. The van der Waals surface area contributed by atoms with E-state index in [9.17, 15) is 13.4 Å². The second-order valence-corrected chi connectivity index (χ2v) is 10.6. The summed E-state index contributed by atoms with van der Waals surface area (Å²) in [6, 6.07) is 7.46. The van der Waals surface area contributed by atoms with Crippen molar-refractivity contribution in [2.45, 2.75) is 32.4 Å². The van der Waals surface area contributed by atoms with E-state index in [0.717, 1.165) is 12.5 Å². The Bertz CT molecular complexity index is 1460. The van der Waals surface area contributed by atoms with Crippen molar-refractivity contribution < 1.29 is 22.5 Å². The molecule has 1 aliphatic rings. The molecule has 0 unspecified atom stereocenters. The fraction of sp³-hybridized carbons (Fsp3) is 0.304. The summed E-state index contributed by atoms with van der Waals surface area (Å²) >= 11 is 0. The van der Waals surface area contributed by atoms with Gasteiger partial charge >= 0.3 is 0 Å². The highest BCUT2D eigenvalue weighted by molar-refractivity contribution is 7.95. The molecule has 1 fully saturated rings. The summed E-state index contributed by atoms with van der Waals surface area (Å²) in [4.78, 5) is 20.5. The van der Waals surface area contributed by atoms with Crippen molar-refractivity contribution in [3.8, 4) is 11.8 Å². The fourth-order valence-corrected chi connectivity index (χ4v) is 4.84. The first-order valence-corrected chi connectivity index (χ1v) is 12.6. The van der Waals surface area contributed by atoms with E-state index in [1.807, 2.05) is 6.07 Å². The first kappa shape index (κ1) is 24.3. The van der Waals surface area contributed by atoms with Crippen molar-refractivity contribution in [2.75, 3.05) is 16.8 Å². The van der Waals surface area contributed by atoms with Crippen LogP contribution >= 0.6 is 0 Å². The molecule has 35 heavy (non-hydrogen) atoms. The van der Waals surface area contributed by atoms with Crippen LogP contribution in [0.4, 0.5) is 26.0 Å². The van der Waals surface area contributed by atoms with Gasteiger partial charge in [0.15, 0.2) is 6.10 Å². The second kappa shape index (κ2) is 9.79. The summed E-state index contributed by atoms with van der Waals surface area (Å²) in [5.74, 6) is -0.802. The Labute approximate surface area is 200 Å². The molecule has 9 nitrogen and oxygen atoms in total. The van der Waals surface area contributed by atoms with Crippen molar-refractivity contribution in [1.82, 2.24) is 15.3 Å². The van der Waals surface area contributed by atoms with Gasteiger partial charge in [0.2, 0.25) is 0 Å². The van der Waals surface area contributed by atoms with Gasteiger partial charge in [0.05, 0.1) is 38.1 Å². The average Bonchev–Trinajstić information content (AvgIpc) is 2.79. The number of hydrogen-bond acceptors (Lipinski definition) is 8. The number of anilines is 2. The molecule has 2 atom stereocenters. The molecule has 1 aromatic heterocycles. The van der Waals surface area contributed by atoms with E-state index in [0.29, 0.717) is 11.5 Å². The monoisotopic (exact) mass is 500 g/mol. The lowest BCUT2D eigenvalue weighted by molar-refractivity contribution is -0.127. The molecule has 2 heterocycles. The van der Waals surface area contributed by atoms with Crippen LogP contribution in [0.3, 0.4) is 0 Å². The van der Waals surface area contributed by atoms with Gasteiger partial charge in [0.1, 0.15) is 35.6 Å². The van der Waals surface area contributed by atoms with Crippen molar-refractivity contribution in [2.24, 2.45) is 4.36 Å². The number of nitrogens with zero attached hydrogens (tertiary/aromatic N) is 4. The Morgan fingerprint density at radius 1 is 1.23 bits per heavy atom. The number of rotatable bonds is 7. The highest BCUT2D eigenvalue weighted by atomic mass is 32.2. The summed E-state index contributed by atoms with van der Waals surface area (Å²) in [6.07, 6.45) is 0.999. The fourth-order valence-electron chi connectivity index (χ4n) is 3.38. The van der Waals surface area contributed by atoms with Gasteiger partial charge in [0, 0.05) is 23.6 Å². The number of halogens is 2. The van der Waals surface area contributed by atoms with Crippen LogP contribution in [0.5, 0.6) is 5.75 Å². The van der Waals surface area contributed by atoms with Gasteiger partial charge in [-0.05, 0) is 38.5 Å². The van der Waals surface area contributed by atoms with Crippen LogP contribution < -0.4 is 15.4 Å². The lowest BCUT2D eigenvalue weighted by Crippen LogP contribution is -2.40. The molecule has 4 rings (SSSR count). The quantitative estimate of drug-likeness (QED) is 0.502. The van der Waals surface area contributed by atoms with E-state index in [2.05, 4.69) is 25.0 Å². The molecule has 12 heteroatoms. The lowest BCUT2D eigenvalue weighted by atomic mass is 10.2. The van der Waals surface area contributed by atoms with Gasteiger partial charge in [-0.1, -0.05) is 0 Å². The number of hydrogen-bond donors (Lipinski definition) is 2. The molecule has 0 bridgehead atoms. The highest BCUT2D eigenvalue weighted by Crippen LogP contribution is 2.34. The van der Waals surface area contributed by atoms with Crippen LogP contribution in [0, 0.1) is 23.0 Å². The van der Waals surface area contributed by atoms with Crippen molar-refractivity contribution >= 4 is 43.7 Å². The normalized spacial score (nSPS) is 15.9. The van der Waals surface area contributed by atoms with E-state index < -0.39 is 39.4 Å². The Morgan fingerprint density at radius 2 is 2.00 bits per heavy atom. The van der Waals surface area contributed by atoms with Crippen LogP contribution in [-0.2, 0) is 14.5 Å². The molecule has 0 radical (unpaired) electrons. The summed E-state index contributed by atoms with van der Waals surface area (Å²) in [7, 11) is -2.33. The summed E-state index contributed by atoms with van der Waals surface area (Å²) in [5.41, 5.74) is 0.706. The van der Waals surface area contributed by atoms with Crippen LogP contribution in [-0.4, -0.2) is 43.7 Å². The van der Waals surface area contributed by atoms with E-state index in [4.69, 9.17) is 10.00 Å².